The van der Waals surface area contributed by atoms with E-state index < -0.39 is 0 Å². The second-order valence-corrected chi connectivity index (χ2v) is 7.00. The first kappa shape index (κ1) is 18.2. The molecule has 0 aliphatic rings. The van der Waals surface area contributed by atoms with Gasteiger partial charge >= 0.3 is 0 Å². The largest absolute Gasteiger partial charge is 0.311 e. The molecule has 0 bridgehead atoms. The molecule has 1 amide bonds. The first-order chi connectivity index (χ1) is 12.6. The van der Waals surface area contributed by atoms with E-state index >= 15 is 0 Å². The van der Waals surface area contributed by atoms with Gasteiger partial charge in [-0.05, 0) is 36.8 Å². The van der Waals surface area contributed by atoms with Crippen LogP contribution in [-0.4, -0.2) is 10.5 Å². The van der Waals surface area contributed by atoms with Gasteiger partial charge in [-0.25, -0.2) is 5.43 Å². The molecule has 0 saturated carbocycles. The summed E-state index contributed by atoms with van der Waals surface area (Å²) in [5, 5.41) is 6.99. The summed E-state index contributed by atoms with van der Waals surface area (Å²) in [5.74, 6) is -0.239. The Hall–Kier alpha value is -2.63. The van der Waals surface area contributed by atoms with Gasteiger partial charge in [-0.1, -0.05) is 47.5 Å². The zero-order chi connectivity index (χ0) is 18.5. The number of rotatable bonds is 5. The van der Waals surface area contributed by atoms with Crippen LogP contribution in [0.2, 0.25) is 5.02 Å². The summed E-state index contributed by atoms with van der Waals surface area (Å²) >= 11 is 7.43. The lowest BCUT2D eigenvalue weighted by Crippen LogP contribution is -2.24. The Morgan fingerprint density at radius 1 is 1.23 bits per heavy atom. The Morgan fingerprint density at radius 2 is 1.92 bits per heavy atom. The Bertz CT molecular complexity index is 985. The van der Waals surface area contributed by atoms with Crippen molar-refractivity contribution in [1.82, 2.24) is 9.99 Å². The predicted molar refractivity (Wildman–Crippen MR) is 107 cm³/mol. The van der Waals surface area contributed by atoms with Crippen LogP contribution in [0, 0.1) is 6.92 Å². The van der Waals surface area contributed by atoms with Crippen molar-refractivity contribution in [2.24, 2.45) is 5.10 Å². The topological polar surface area (TPSA) is 46.4 Å². The number of thiazole rings is 1. The van der Waals surface area contributed by atoms with Gasteiger partial charge in [0, 0.05) is 22.5 Å². The third kappa shape index (κ3) is 4.12. The van der Waals surface area contributed by atoms with Gasteiger partial charge in [0.2, 0.25) is 4.80 Å². The van der Waals surface area contributed by atoms with Crippen molar-refractivity contribution in [2.45, 2.75) is 13.5 Å². The van der Waals surface area contributed by atoms with Crippen molar-refractivity contribution in [3.63, 3.8) is 0 Å². The third-order valence-electron chi connectivity index (χ3n) is 3.82. The first-order valence-corrected chi connectivity index (χ1v) is 9.30. The lowest BCUT2D eigenvalue weighted by Gasteiger charge is -2.07. The van der Waals surface area contributed by atoms with Gasteiger partial charge in [0.05, 0.1) is 5.69 Å². The summed E-state index contributed by atoms with van der Waals surface area (Å²) in [7, 11) is 0. The summed E-state index contributed by atoms with van der Waals surface area (Å²) in [4.78, 5) is 13.0. The predicted octanol–water partition coefficient (Wildman–Crippen LogP) is 4.61. The smallest absolute Gasteiger partial charge is 0.271 e. The SMILES string of the molecule is C=CCn1c(-c2ccc(Cl)cc2)cs/c1=N\NC(=O)c1ccc(C)cc1. The van der Waals surface area contributed by atoms with E-state index in [-0.39, 0.29) is 5.91 Å². The van der Waals surface area contributed by atoms with E-state index in [4.69, 9.17) is 11.6 Å². The number of hydrogen-bond donors (Lipinski definition) is 1. The van der Waals surface area contributed by atoms with Crippen LogP contribution < -0.4 is 10.2 Å². The average Bonchev–Trinajstić information content (AvgIpc) is 3.04. The highest BCUT2D eigenvalue weighted by Gasteiger charge is 2.08. The van der Waals surface area contributed by atoms with Crippen LogP contribution in [0.3, 0.4) is 0 Å². The average molecular weight is 384 g/mol. The molecular weight excluding hydrogens is 366 g/mol. The molecule has 1 N–H and O–H groups in total. The van der Waals surface area contributed by atoms with E-state index in [1.165, 1.54) is 11.3 Å². The second-order valence-electron chi connectivity index (χ2n) is 5.73. The molecular formula is C20H18ClN3OS. The molecule has 0 aliphatic heterocycles. The van der Waals surface area contributed by atoms with Crippen LogP contribution in [0.5, 0.6) is 0 Å². The Balaban J connectivity index is 1.90. The zero-order valence-corrected chi connectivity index (χ0v) is 15.8. The standard InChI is InChI=1S/C20H18ClN3OS/c1-3-12-24-18(15-8-10-17(21)11-9-15)13-26-20(24)23-22-19(25)16-6-4-14(2)5-7-16/h3-11,13H,1,12H2,2H3,(H,22,25)/b23-20-. The van der Waals surface area contributed by atoms with Gasteiger partial charge < -0.3 is 4.57 Å². The van der Waals surface area contributed by atoms with Crippen LogP contribution in [0.4, 0.5) is 0 Å². The molecule has 1 heterocycles. The normalized spacial score (nSPS) is 11.4. The van der Waals surface area contributed by atoms with Crippen molar-refractivity contribution in [3.8, 4) is 11.3 Å². The molecule has 0 radical (unpaired) electrons. The highest BCUT2D eigenvalue weighted by atomic mass is 35.5. The fraction of sp³-hybridized carbons (Fsp3) is 0.100. The minimum absolute atomic E-state index is 0.239. The number of carbonyl (C=O) groups excluding carboxylic acids is 1. The molecule has 4 nitrogen and oxygen atoms in total. The van der Waals surface area contributed by atoms with E-state index in [9.17, 15) is 4.79 Å². The van der Waals surface area contributed by atoms with Crippen molar-refractivity contribution in [2.75, 3.05) is 0 Å². The summed E-state index contributed by atoms with van der Waals surface area (Å²) in [6.07, 6.45) is 1.80. The number of amides is 1. The molecule has 1 aromatic heterocycles. The number of benzene rings is 2. The second kappa shape index (κ2) is 8.17. The number of carbonyl (C=O) groups is 1. The molecule has 0 saturated heterocycles. The number of hydrogen-bond acceptors (Lipinski definition) is 3. The van der Waals surface area contributed by atoms with Gasteiger partial charge in [0.1, 0.15) is 0 Å². The molecule has 132 valence electrons. The summed E-state index contributed by atoms with van der Waals surface area (Å²) < 4.78 is 2.00. The molecule has 0 atom stereocenters. The monoisotopic (exact) mass is 383 g/mol. The molecule has 0 fully saturated rings. The minimum atomic E-state index is -0.239. The van der Waals surface area contributed by atoms with Crippen molar-refractivity contribution in [1.29, 1.82) is 0 Å². The van der Waals surface area contributed by atoms with Gasteiger partial charge in [-0.2, -0.15) is 0 Å². The lowest BCUT2D eigenvalue weighted by atomic mass is 10.1. The van der Waals surface area contributed by atoms with Gasteiger partial charge in [0.15, 0.2) is 0 Å². The Labute approximate surface area is 161 Å². The number of aryl methyl sites for hydroxylation is 1. The molecule has 3 aromatic rings. The highest BCUT2D eigenvalue weighted by molar-refractivity contribution is 7.07. The van der Waals surface area contributed by atoms with Crippen LogP contribution in [0.15, 0.2) is 71.7 Å². The Morgan fingerprint density at radius 3 is 2.58 bits per heavy atom. The quantitative estimate of drug-likeness (QED) is 0.507. The number of nitrogens with one attached hydrogen (secondary N) is 1. The van der Waals surface area contributed by atoms with E-state index in [2.05, 4.69) is 17.1 Å². The van der Waals surface area contributed by atoms with Crippen molar-refractivity contribution in [3.05, 3.63) is 87.5 Å². The number of allylic oxidation sites excluding steroid dienone is 1. The maximum Gasteiger partial charge on any atom is 0.271 e. The first-order valence-electron chi connectivity index (χ1n) is 8.04. The van der Waals surface area contributed by atoms with Gasteiger partial charge in [-0.3, -0.25) is 4.79 Å². The van der Waals surface area contributed by atoms with Crippen LogP contribution >= 0.6 is 22.9 Å². The van der Waals surface area contributed by atoms with Crippen molar-refractivity contribution < 1.29 is 4.79 Å². The number of nitrogens with zero attached hydrogens (tertiary/aromatic N) is 2. The number of halogens is 1. The highest BCUT2D eigenvalue weighted by Crippen LogP contribution is 2.22. The van der Waals surface area contributed by atoms with Crippen LogP contribution in [0.25, 0.3) is 11.3 Å². The third-order valence-corrected chi connectivity index (χ3v) is 4.93. The summed E-state index contributed by atoms with van der Waals surface area (Å²) in [6, 6.07) is 15.0. The van der Waals surface area contributed by atoms with E-state index in [1.54, 1.807) is 18.2 Å². The fourth-order valence-corrected chi connectivity index (χ4v) is 3.45. The fourth-order valence-electron chi connectivity index (χ4n) is 2.44. The molecule has 3 rings (SSSR count). The van der Waals surface area contributed by atoms with Gasteiger partial charge in [-0.15, -0.1) is 23.0 Å². The van der Waals surface area contributed by atoms with Crippen LogP contribution in [-0.2, 0) is 6.54 Å². The lowest BCUT2D eigenvalue weighted by molar-refractivity contribution is 0.0953. The maximum absolute atomic E-state index is 12.3. The Kier molecular flexibility index (Phi) is 5.71. The molecule has 2 aromatic carbocycles. The van der Waals surface area contributed by atoms with E-state index in [1.807, 2.05) is 53.3 Å². The van der Waals surface area contributed by atoms with E-state index in [0.29, 0.717) is 21.9 Å². The zero-order valence-electron chi connectivity index (χ0n) is 14.3. The summed E-state index contributed by atoms with van der Waals surface area (Å²) in [6.45, 7) is 6.37. The maximum atomic E-state index is 12.3. The number of aromatic nitrogens is 1. The molecule has 0 spiro atoms. The molecule has 0 aliphatic carbocycles. The minimum Gasteiger partial charge on any atom is -0.311 e. The van der Waals surface area contributed by atoms with Crippen LogP contribution in [0.1, 0.15) is 15.9 Å². The molecule has 26 heavy (non-hydrogen) atoms. The van der Waals surface area contributed by atoms with E-state index in [0.717, 1.165) is 16.8 Å². The molecule has 0 unspecified atom stereocenters. The van der Waals surface area contributed by atoms with Gasteiger partial charge in [0.25, 0.3) is 5.91 Å². The molecule has 6 heteroatoms. The van der Waals surface area contributed by atoms with Crippen molar-refractivity contribution >= 4 is 28.8 Å². The summed E-state index contributed by atoms with van der Waals surface area (Å²) in [5.41, 5.74) is 6.33.